The Kier molecular flexibility index (Phi) is 3.89. The van der Waals surface area contributed by atoms with Gasteiger partial charge in [-0.3, -0.25) is 4.57 Å². The molecule has 3 rings (SSSR count). The first-order valence-corrected chi connectivity index (χ1v) is 7.66. The molecule has 2 aromatic rings. The van der Waals surface area contributed by atoms with E-state index in [1.54, 1.807) is 11.8 Å². The van der Waals surface area contributed by atoms with Crippen molar-refractivity contribution in [2.24, 2.45) is 0 Å². The van der Waals surface area contributed by atoms with Gasteiger partial charge in [0.05, 0.1) is 6.10 Å². The van der Waals surface area contributed by atoms with Gasteiger partial charge in [0.2, 0.25) is 0 Å². The van der Waals surface area contributed by atoms with Crippen molar-refractivity contribution in [2.75, 3.05) is 12.4 Å². The van der Waals surface area contributed by atoms with Crippen LogP contribution in [-0.2, 0) is 4.74 Å². The predicted octanol–water partition coefficient (Wildman–Crippen LogP) is 3.45. The second-order valence-electron chi connectivity index (χ2n) is 4.86. The second kappa shape index (κ2) is 5.80. The van der Waals surface area contributed by atoms with Crippen LogP contribution in [0.5, 0.6) is 0 Å². The van der Waals surface area contributed by atoms with Crippen molar-refractivity contribution in [1.29, 1.82) is 0 Å². The van der Waals surface area contributed by atoms with Gasteiger partial charge in [-0.15, -0.1) is 0 Å². The first-order chi connectivity index (χ1) is 9.33. The van der Waals surface area contributed by atoms with Crippen molar-refractivity contribution < 1.29 is 4.74 Å². The van der Waals surface area contributed by atoms with Crippen molar-refractivity contribution in [3.05, 3.63) is 42.2 Å². The number of aromatic nitrogens is 2. The normalized spacial score (nSPS) is 18.9. The van der Waals surface area contributed by atoms with Gasteiger partial charge in [-0.1, -0.05) is 23.9 Å². The number of thioether (sulfide) groups is 1. The van der Waals surface area contributed by atoms with E-state index in [4.69, 9.17) is 4.74 Å². The van der Waals surface area contributed by atoms with Crippen molar-refractivity contribution >= 4 is 11.8 Å². The molecule has 0 spiro atoms. The highest BCUT2D eigenvalue weighted by molar-refractivity contribution is 7.99. The summed E-state index contributed by atoms with van der Waals surface area (Å²) in [7, 11) is 0. The molecule has 1 aromatic carbocycles. The molecule has 0 radical (unpaired) electrons. The molecule has 0 N–H and O–H groups in total. The third-order valence-electron chi connectivity index (χ3n) is 3.31. The van der Waals surface area contributed by atoms with Gasteiger partial charge in [-0.2, -0.15) is 0 Å². The smallest absolute Gasteiger partial charge is 0.172 e. The molecular formula is C15H18N2OS. The third-order valence-corrected chi connectivity index (χ3v) is 4.41. The van der Waals surface area contributed by atoms with Crippen LogP contribution in [0.25, 0.3) is 5.69 Å². The molecule has 19 heavy (non-hydrogen) atoms. The average molecular weight is 274 g/mol. The quantitative estimate of drug-likeness (QED) is 0.799. The van der Waals surface area contributed by atoms with E-state index in [2.05, 4.69) is 40.7 Å². The molecule has 4 heteroatoms. The van der Waals surface area contributed by atoms with Crippen molar-refractivity contribution in [3.8, 4) is 5.69 Å². The van der Waals surface area contributed by atoms with Gasteiger partial charge in [-0.05, 0) is 37.5 Å². The fourth-order valence-corrected chi connectivity index (χ4v) is 3.35. The van der Waals surface area contributed by atoms with E-state index in [9.17, 15) is 0 Å². The van der Waals surface area contributed by atoms with E-state index in [0.717, 1.165) is 17.5 Å². The zero-order valence-corrected chi connectivity index (χ0v) is 11.9. The van der Waals surface area contributed by atoms with Gasteiger partial charge in [0.25, 0.3) is 0 Å². The lowest BCUT2D eigenvalue weighted by Gasteiger charge is -2.11. The fourth-order valence-electron chi connectivity index (χ4n) is 2.31. The fraction of sp³-hybridized carbons (Fsp3) is 0.400. The average Bonchev–Trinajstić information content (AvgIpc) is 3.08. The van der Waals surface area contributed by atoms with Gasteiger partial charge in [0, 0.05) is 30.4 Å². The summed E-state index contributed by atoms with van der Waals surface area (Å²) >= 11 is 1.78. The summed E-state index contributed by atoms with van der Waals surface area (Å²) in [5.74, 6) is 0.989. The highest BCUT2D eigenvalue weighted by atomic mass is 32.2. The molecule has 1 aromatic heterocycles. The number of aryl methyl sites for hydroxylation is 1. The number of imidazole rings is 1. The standard InChI is InChI=1S/C15H18N2OS/c1-12-4-2-5-13(10-12)17-8-7-16-15(17)19-11-14-6-3-9-18-14/h2,4-5,7-8,10,14H,3,6,9,11H2,1H3. The SMILES string of the molecule is Cc1cccc(-n2ccnc2SCC2CCCO2)c1. The maximum Gasteiger partial charge on any atom is 0.172 e. The summed E-state index contributed by atoms with van der Waals surface area (Å²) in [6.45, 7) is 3.02. The highest BCUT2D eigenvalue weighted by Crippen LogP contribution is 2.25. The number of rotatable bonds is 4. The minimum Gasteiger partial charge on any atom is -0.377 e. The van der Waals surface area contributed by atoms with E-state index in [-0.39, 0.29) is 0 Å². The van der Waals surface area contributed by atoms with Crippen molar-refractivity contribution in [3.63, 3.8) is 0 Å². The van der Waals surface area contributed by atoms with Gasteiger partial charge in [-0.25, -0.2) is 4.98 Å². The molecule has 1 fully saturated rings. The largest absolute Gasteiger partial charge is 0.377 e. The molecule has 0 bridgehead atoms. The Bertz CT molecular complexity index is 547. The van der Waals surface area contributed by atoms with Crippen LogP contribution < -0.4 is 0 Å². The topological polar surface area (TPSA) is 27.1 Å². The first-order valence-electron chi connectivity index (χ1n) is 6.68. The van der Waals surface area contributed by atoms with Gasteiger partial charge >= 0.3 is 0 Å². The molecular weight excluding hydrogens is 256 g/mol. The number of ether oxygens (including phenoxy) is 1. The molecule has 0 aliphatic carbocycles. The lowest BCUT2D eigenvalue weighted by atomic mass is 10.2. The lowest BCUT2D eigenvalue weighted by molar-refractivity contribution is 0.129. The van der Waals surface area contributed by atoms with Crippen LogP contribution >= 0.6 is 11.8 Å². The van der Waals surface area contributed by atoms with E-state index >= 15 is 0 Å². The molecule has 1 aliphatic rings. The zero-order valence-electron chi connectivity index (χ0n) is 11.1. The van der Waals surface area contributed by atoms with E-state index in [0.29, 0.717) is 6.10 Å². The van der Waals surface area contributed by atoms with Crippen molar-refractivity contribution in [2.45, 2.75) is 31.0 Å². The Morgan fingerprint density at radius 3 is 3.21 bits per heavy atom. The monoisotopic (exact) mass is 274 g/mol. The number of hydrogen-bond donors (Lipinski definition) is 0. The van der Waals surface area contributed by atoms with Crippen LogP contribution in [0, 0.1) is 6.92 Å². The van der Waals surface area contributed by atoms with Crippen LogP contribution in [0.2, 0.25) is 0 Å². The Balaban J connectivity index is 1.74. The predicted molar refractivity (Wildman–Crippen MR) is 78.0 cm³/mol. The zero-order chi connectivity index (χ0) is 13.1. The minimum absolute atomic E-state index is 0.396. The molecule has 1 unspecified atom stereocenters. The van der Waals surface area contributed by atoms with Crippen molar-refractivity contribution in [1.82, 2.24) is 9.55 Å². The van der Waals surface area contributed by atoms with Crippen LogP contribution in [0.3, 0.4) is 0 Å². The van der Waals surface area contributed by atoms with E-state index in [1.807, 2.05) is 12.4 Å². The van der Waals surface area contributed by atoms with E-state index in [1.165, 1.54) is 24.1 Å². The summed E-state index contributed by atoms with van der Waals surface area (Å²) < 4.78 is 7.80. The summed E-state index contributed by atoms with van der Waals surface area (Å²) in [6, 6.07) is 8.49. The maximum absolute atomic E-state index is 5.66. The van der Waals surface area contributed by atoms with Crippen LogP contribution in [0.4, 0.5) is 0 Å². The summed E-state index contributed by atoms with van der Waals surface area (Å²) in [4.78, 5) is 4.45. The minimum atomic E-state index is 0.396. The van der Waals surface area contributed by atoms with Crippen LogP contribution in [0.15, 0.2) is 41.8 Å². The molecule has 1 aliphatic heterocycles. The van der Waals surface area contributed by atoms with Gasteiger partial charge in [0.15, 0.2) is 5.16 Å². The van der Waals surface area contributed by atoms with Gasteiger partial charge < -0.3 is 4.74 Å². The summed E-state index contributed by atoms with van der Waals surface area (Å²) in [6.07, 6.45) is 6.65. The molecule has 3 nitrogen and oxygen atoms in total. The molecule has 2 heterocycles. The molecule has 1 saturated heterocycles. The Hall–Kier alpha value is -1.26. The number of hydrogen-bond acceptors (Lipinski definition) is 3. The van der Waals surface area contributed by atoms with Crippen LogP contribution in [-0.4, -0.2) is 28.0 Å². The molecule has 0 saturated carbocycles. The molecule has 1 atom stereocenters. The number of benzene rings is 1. The molecule has 100 valence electrons. The third kappa shape index (κ3) is 3.01. The highest BCUT2D eigenvalue weighted by Gasteiger charge is 2.17. The van der Waals surface area contributed by atoms with Gasteiger partial charge in [0.1, 0.15) is 0 Å². The molecule has 0 amide bonds. The summed E-state index contributed by atoms with van der Waals surface area (Å²) in [5.41, 5.74) is 2.44. The number of nitrogens with zero attached hydrogens (tertiary/aromatic N) is 2. The maximum atomic E-state index is 5.66. The Labute approximate surface area is 118 Å². The Morgan fingerprint density at radius 1 is 1.47 bits per heavy atom. The van der Waals surface area contributed by atoms with Crippen LogP contribution in [0.1, 0.15) is 18.4 Å². The second-order valence-corrected chi connectivity index (χ2v) is 5.85. The Morgan fingerprint density at radius 2 is 2.42 bits per heavy atom. The summed E-state index contributed by atoms with van der Waals surface area (Å²) in [5, 5.41) is 1.04. The lowest BCUT2D eigenvalue weighted by Crippen LogP contribution is -2.08. The van der Waals surface area contributed by atoms with E-state index < -0.39 is 0 Å². The first kappa shape index (κ1) is 12.8.